The number of hydrogen-bond donors (Lipinski definition) is 1. The maximum absolute atomic E-state index is 12.8. The molecule has 1 N–H and O–H groups in total. The van der Waals surface area contributed by atoms with E-state index in [2.05, 4.69) is 5.32 Å². The molecule has 0 spiro atoms. The number of piperidine rings is 1. The minimum atomic E-state index is -3.36. The summed E-state index contributed by atoms with van der Waals surface area (Å²) in [5, 5.41) is 3.06. The Morgan fingerprint density at radius 2 is 2.08 bits per heavy atom. The standard InChI is InChI=1S/C17H25N3O3S.ClH/c1-14-4-2-5-15(10-14)13-24(22,23)19-8-3-6-16(12-19)20-9-7-18-11-17(20)21;/h2,4-5,10,16,18H,3,6-9,11-13H2,1H3;1H. The van der Waals surface area contributed by atoms with Gasteiger partial charge in [-0.05, 0) is 25.3 Å². The van der Waals surface area contributed by atoms with Crippen LogP contribution in [0.3, 0.4) is 0 Å². The van der Waals surface area contributed by atoms with Crippen molar-refractivity contribution < 1.29 is 13.2 Å². The Morgan fingerprint density at radius 3 is 2.80 bits per heavy atom. The predicted molar refractivity (Wildman–Crippen MR) is 100 cm³/mol. The van der Waals surface area contributed by atoms with E-state index in [4.69, 9.17) is 0 Å². The number of aryl methyl sites for hydroxylation is 1. The van der Waals surface area contributed by atoms with Crippen molar-refractivity contribution in [3.63, 3.8) is 0 Å². The summed E-state index contributed by atoms with van der Waals surface area (Å²) in [7, 11) is -3.36. The van der Waals surface area contributed by atoms with Crippen molar-refractivity contribution in [3.8, 4) is 0 Å². The van der Waals surface area contributed by atoms with Gasteiger partial charge in [0.1, 0.15) is 0 Å². The van der Waals surface area contributed by atoms with Crippen LogP contribution in [0.5, 0.6) is 0 Å². The fourth-order valence-electron chi connectivity index (χ4n) is 3.54. The summed E-state index contributed by atoms with van der Waals surface area (Å²) >= 11 is 0. The highest BCUT2D eigenvalue weighted by Crippen LogP contribution is 2.21. The van der Waals surface area contributed by atoms with Crippen LogP contribution in [0.25, 0.3) is 0 Å². The van der Waals surface area contributed by atoms with Crippen molar-refractivity contribution in [2.24, 2.45) is 0 Å². The van der Waals surface area contributed by atoms with E-state index in [1.807, 2.05) is 36.1 Å². The molecule has 8 heteroatoms. The van der Waals surface area contributed by atoms with Crippen LogP contribution in [-0.4, -0.2) is 62.3 Å². The number of amides is 1. The SMILES string of the molecule is Cc1cccc(CS(=O)(=O)N2CCCC(N3CCNCC3=O)C2)c1.Cl. The Balaban J connectivity index is 0.00000225. The normalized spacial score (nSPS) is 22.5. The van der Waals surface area contributed by atoms with Gasteiger partial charge in [0.05, 0.1) is 12.3 Å². The summed E-state index contributed by atoms with van der Waals surface area (Å²) in [4.78, 5) is 13.9. The summed E-state index contributed by atoms with van der Waals surface area (Å²) in [6.45, 7) is 4.72. The van der Waals surface area contributed by atoms with Gasteiger partial charge in [0.25, 0.3) is 0 Å². The number of piperazine rings is 1. The zero-order valence-electron chi connectivity index (χ0n) is 14.5. The lowest BCUT2D eigenvalue weighted by molar-refractivity contribution is -0.135. The first kappa shape index (κ1) is 20.2. The van der Waals surface area contributed by atoms with Crippen LogP contribution in [0.2, 0.25) is 0 Å². The van der Waals surface area contributed by atoms with Gasteiger partial charge in [0, 0.05) is 32.2 Å². The zero-order valence-corrected chi connectivity index (χ0v) is 16.1. The van der Waals surface area contributed by atoms with E-state index in [1.54, 1.807) is 4.31 Å². The number of benzene rings is 1. The van der Waals surface area contributed by atoms with Gasteiger partial charge in [-0.2, -0.15) is 4.31 Å². The van der Waals surface area contributed by atoms with E-state index in [9.17, 15) is 13.2 Å². The molecule has 140 valence electrons. The van der Waals surface area contributed by atoms with Crippen LogP contribution < -0.4 is 5.32 Å². The molecule has 0 radical (unpaired) electrons. The van der Waals surface area contributed by atoms with Gasteiger partial charge < -0.3 is 10.2 Å². The average molecular weight is 388 g/mol. The lowest BCUT2D eigenvalue weighted by Gasteiger charge is -2.40. The molecule has 3 rings (SSSR count). The van der Waals surface area contributed by atoms with Gasteiger partial charge in [-0.3, -0.25) is 4.79 Å². The largest absolute Gasteiger partial charge is 0.336 e. The Hall–Kier alpha value is -1.15. The summed E-state index contributed by atoms with van der Waals surface area (Å²) in [6.07, 6.45) is 1.68. The second-order valence-electron chi connectivity index (χ2n) is 6.66. The third-order valence-corrected chi connectivity index (χ3v) is 6.57. The Bertz CT molecular complexity index is 711. The maximum atomic E-state index is 12.8. The van der Waals surface area contributed by atoms with Crippen LogP contribution in [0.1, 0.15) is 24.0 Å². The second-order valence-corrected chi connectivity index (χ2v) is 8.63. The predicted octanol–water partition coefficient (Wildman–Crippen LogP) is 1.14. The topological polar surface area (TPSA) is 69.7 Å². The monoisotopic (exact) mass is 387 g/mol. The number of hydrogen-bond acceptors (Lipinski definition) is 4. The highest BCUT2D eigenvalue weighted by Gasteiger charge is 2.34. The molecule has 0 aliphatic carbocycles. The van der Waals surface area contributed by atoms with Gasteiger partial charge in [0.2, 0.25) is 15.9 Å². The Morgan fingerprint density at radius 1 is 1.28 bits per heavy atom. The minimum Gasteiger partial charge on any atom is -0.336 e. The van der Waals surface area contributed by atoms with Crippen LogP contribution in [-0.2, 0) is 20.6 Å². The summed E-state index contributed by atoms with van der Waals surface area (Å²) in [5.74, 6) is 0.0980. The molecule has 0 bridgehead atoms. The molecule has 2 heterocycles. The maximum Gasteiger partial charge on any atom is 0.236 e. The van der Waals surface area contributed by atoms with Crippen molar-refractivity contribution >= 4 is 28.3 Å². The molecule has 1 aromatic carbocycles. The van der Waals surface area contributed by atoms with Gasteiger partial charge in [0.15, 0.2) is 0 Å². The molecular formula is C17H26ClN3O3S. The summed E-state index contributed by atoms with van der Waals surface area (Å²) in [6, 6.07) is 7.62. The molecule has 2 fully saturated rings. The van der Waals surface area contributed by atoms with Crippen molar-refractivity contribution in [3.05, 3.63) is 35.4 Å². The fourth-order valence-corrected chi connectivity index (χ4v) is 5.13. The lowest BCUT2D eigenvalue weighted by atomic mass is 10.1. The summed E-state index contributed by atoms with van der Waals surface area (Å²) in [5.41, 5.74) is 1.88. The van der Waals surface area contributed by atoms with E-state index in [0.29, 0.717) is 26.2 Å². The number of nitrogens with zero attached hydrogens (tertiary/aromatic N) is 2. The first-order valence-electron chi connectivity index (χ1n) is 8.49. The highest BCUT2D eigenvalue weighted by atomic mass is 35.5. The van der Waals surface area contributed by atoms with E-state index >= 15 is 0 Å². The van der Waals surface area contributed by atoms with Gasteiger partial charge in [-0.1, -0.05) is 29.8 Å². The molecule has 1 amide bonds. The van der Waals surface area contributed by atoms with E-state index in [-0.39, 0.29) is 30.1 Å². The van der Waals surface area contributed by atoms with E-state index in [0.717, 1.165) is 30.5 Å². The van der Waals surface area contributed by atoms with Crippen LogP contribution >= 0.6 is 12.4 Å². The van der Waals surface area contributed by atoms with Crippen molar-refractivity contribution in [1.82, 2.24) is 14.5 Å². The zero-order chi connectivity index (χ0) is 17.2. The smallest absolute Gasteiger partial charge is 0.236 e. The molecule has 0 saturated carbocycles. The van der Waals surface area contributed by atoms with Crippen molar-refractivity contribution in [1.29, 1.82) is 0 Å². The molecule has 2 aliphatic heterocycles. The number of carbonyl (C=O) groups is 1. The lowest BCUT2D eigenvalue weighted by Crippen LogP contribution is -2.57. The third kappa shape index (κ3) is 4.94. The molecule has 2 aliphatic rings. The van der Waals surface area contributed by atoms with Crippen LogP contribution in [0.4, 0.5) is 0 Å². The molecule has 2 saturated heterocycles. The Kier molecular flexibility index (Phi) is 6.85. The second kappa shape index (κ2) is 8.49. The third-order valence-electron chi connectivity index (χ3n) is 4.75. The molecule has 1 unspecified atom stereocenters. The number of rotatable bonds is 4. The van der Waals surface area contributed by atoms with Crippen LogP contribution in [0, 0.1) is 6.92 Å². The number of sulfonamides is 1. The minimum absolute atomic E-state index is 0. The number of nitrogens with one attached hydrogen (secondary N) is 1. The highest BCUT2D eigenvalue weighted by molar-refractivity contribution is 7.88. The molecule has 6 nitrogen and oxygen atoms in total. The Labute approximate surface area is 156 Å². The van der Waals surface area contributed by atoms with Gasteiger partial charge >= 0.3 is 0 Å². The van der Waals surface area contributed by atoms with E-state index in [1.165, 1.54) is 0 Å². The van der Waals surface area contributed by atoms with E-state index < -0.39 is 10.0 Å². The number of carbonyl (C=O) groups excluding carboxylic acids is 1. The van der Waals surface area contributed by atoms with Crippen molar-refractivity contribution in [2.45, 2.75) is 31.6 Å². The van der Waals surface area contributed by atoms with Gasteiger partial charge in [-0.15, -0.1) is 12.4 Å². The molecule has 1 aromatic rings. The summed E-state index contributed by atoms with van der Waals surface area (Å²) < 4.78 is 27.1. The average Bonchev–Trinajstić information content (AvgIpc) is 2.55. The molecular weight excluding hydrogens is 362 g/mol. The molecule has 0 aromatic heterocycles. The fraction of sp³-hybridized carbons (Fsp3) is 0.588. The molecule has 1 atom stereocenters. The van der Waals surface area contributed by atoms with Gasteiger partial charge in [-0.25, -0.2) is 8.42 Å². The number of halogens is 1. The quantitative estimate of drug-likeness (QED) is 0.841. The van der Waals surface area contributed by atoms with Crippen molar-refractivity contribution in [2.75, 3.05) is 32.7 Å². The first-order valence-corrected chi connectivity index (χ1v) is 10.1. The first-order chi connectivity index (χ1) is 11.5. The molecule has 25 heavy (non-hydrogen) atoms. The van der Waals surface area contributed by atoms with Crippen LogP contribution in [0.15, 0.2) is 24.3 Å².